The second-order valence-electron chi connectivity index (χ2n) is 8.44. The molecule has 11 nitrogen and oxygen atoms in total. The monoisotopic (exact) mass is 552 g/mol. The number of halogens is 3. The number of urea groups is 1. The van der Waals surface area contributed by atoms with Crippen LogP contribution < -0.4 is 10.1 Å². The second-order valence-corrected chi connectivity index (χ2v) is 10.6. The van der Waals surface area contributed by atoms with Crippen molar-refractivity contribution in [2.75, 3.05) is 19.8 Å². The van der Waals surface area contributed by atoms with Gasteiger partial charge in [-0.15, -0.1) is 0 Å². The Labute approximate surface area is 213 Å². The third-order valence-electron chi connectivity index (χ3n) is 5.94. The summed E-state index contributed by atoms with van der Waals surface area (Å²) >= 11 is 0. The third-order valence-corrected chi connectivity index (χ3v) is 8.14. The first kappa shape index (κ1) is 25.7. The molecule has 0 saturated carbocycles. The Kier molecular flexibility index (Phi) is 6.56. The maximum atomic E-state index is 14.0. The van der Waals surface area contributed by atoms with Gasteiger partial charge in [-0.25, -0.2) is 13.2 Å². The van der Waals surface area contributed by atoms with E-state index in [1.807, 2.05) is 0 Å². The molecule has 1 N–H and O–H groups in total. The summed E-state index contributed by atoms with van der Waals surface area (Å²) in [6, 6.07) is 7.80. The maximum absolute atomic E-state index is 14.0. The molecule has 2 fully saturated rings. The zero-order valence-electron chi connectivity index (χ0n) is 19.4. The van der Waals surface area contributed by atoms with Crippen molar-refractivity contribution in [2.24, 2.45) is 0 Å². The highest BCUT2D eigenvalue weighted by molar-refractivity contribution is 7.92. The molecule has 0 spiro atoms. The lowest BCUT2D eigenvalue weighted by Gasteiger charge is -2.18. The van der Waals surface area contributed by atoms with E-state index in [4.69, 9.17) is 14.0 Å². The van der Waals surface area contributed by atoms with E-state index in [-0.39, 0.29) is 60.6 Å². The van der Waals surface area contributed by atoms with Crippen LogP contribution in [0.4, 0.5) is 18.0 Å². The first-order valence-electron chi connectivity index (χ1n) is 11.2. The van der Waals surface area contributed by atoms with Gasteiger partial charge in [0.05, 0.1) is 24.0 Å². The van der Waals surface area contributed by atoms with Crippen LogP contribution in [0.25, 0.3) is 11.4 Å². The first-order chi connectivity index (χ1) is 18.0. The van der Waals surface area contributed by atoms with E-state index in [9.17, 15) is 31.2 Å². The SMILES string of the molecule is O=C1CNC(=O)N1Cc1nc(-c2ccc(Oc3ccccc3S(=O)(=O)C3CCOC3)c(C(F)(F)F)c2)no1. The summed E-state index contributed by atoms with van der Waals surface area (Å²) in [5, 5.41) is 5.15. The lowest BCUT2D eigenvalue weighted by Crippen LogP contribution is -2.30. The number of rotatable bonds is 7. The second kappa shape index (κ2) is 9.72. The predicted molar refractivity (Wildman–Crippen MR) is 122 cm³/mol. The number of aromatic nitrogens is 2. The number of sulfone groups is 1. The molecule has 3 amide bonds. The fourth-order valence-electron chi connectivity index (χ4n) is 3.99. The van der Waals surface area contributed by atoms with Gasteiger partial charge in [0.2, 0.25) is 11.7 Å². The molecule has 2 aromatic carbocycles. The first-order valence-corrected chi connectivity index (χ1v) is 12.8. The molecule has 5 rings (SSSR count). The van der Waals surface area contributed by atoms with Gasteiger partial charge in [-0.05, 0) is 36.8 Å². The molecule has 38 heavy (non-hydrogen) atoms. The summed E-state index contributed by atoms with van der Waals surface area (Å²) < 4.78 is 83.9. The van der Waals surface area contributed by atoms with Gasteiger partial charge in [-0.2, -0.15) is 18.2 Å². The number of carbonyl (C=O) groups is 2. The van der Waals surface area contributed by atoms with Crippen LogP contribution in [0.15, 0.2) is 51.9 Å². The van der Waals surface area contributed by atoms with Crippen LogP contribution in [0.3, 0.4) is 0 Å². The molecule has 1 unspecified atom stereocenters. The highest BCUT2D eigenvalue weighted by Crippen LogP contribution is 2.42. The van der Waals surface area contributed by atoms with Crippen molar-refractivity contribution in [1.29, 1.82) is 0 Å². The molecule has 15 heteroatoms. The molecule has 3 aromatic rings. The Balaban J connectivity index is 1.45. The van der Waals surface area contributed by atoms with E-state index < -0.39 is 44.5 Å². The van der Waals surface area contributed by atoms with Crippen LogP contribution >= 0.6 is 0 Å². The number of nitrogens with zero attached hydrogens (tertiary/aromatic N) is 3. The molecule has 2 saturated heterocycles. The third kappa shape index (κ3) is 4.93. The lowest BCUT2D eigenvalue weighted by molar-refractivity contribution is -0.138. The van der Waals surface area contributed by atoms with Gasteiger partial charge >= 0.3 is 12.2 Å². The van der Waals surface area contributed by atoms with Crippen LogP contribution in [0, 0.1) is 0 Å². The normalized spacial score (nSPS) is 18.2. The Bertz CT molecular complexity index is 1480. The summed E-state index contributed by atoms with van der Waals surface area (Å²) in [5.41, 5.74) is -1.28. The predicted octanol–water partition coefficient (Wildman–Crippen LogP) is 3.16. The molecule has 3 heterocycles. The molecule has 1 aromatic heterocycles. The molecule has 1 atom stereocenters. The van der Waals surface area contributed by atoms with Gasteiger partial charge in [0, 0.05) is 12.2 Å². The number of hydrogen-bond acceptors (Lipinski definition) is 9. The summed E-state index contributed by atoms with van der Waals surface area (Å²) in [6.45, 7) is -0.272. The highest BCUT2D eigenvalue weighted by Gasteiger charge is 2.37. The summed E-state index contributed by atoms with van der Waals surface area (Å²) in [6.07, 6.45) is -4.62. The zero-order valence-corrected chi connectivity index (χ0v) is 20.2. The standard InChI is InChI=1S/C23H19F3N4O7S/c24-23(25,26)15-9-13(21-28-19(37-29-21)11-30-20(31)10-27-22(30)32)5-6-16(15)36-17-3-1-2-4-18(17)38(33,34)14-7-8-35-12-14/h1-6,9,14H,7-8,10-12H2,(H,27,32). The summed E-state index contributed by atoms with van der Waals surface area (Å²) in [5.74, 6) is -1.77. The van der Waals surface area contributed by atoms with E-state index in [2.05, 4.69) is 15.5 Å². The molecular formula is C23H19F3N4O7S. The fraction of sp³-hybridized carbons (Fsp3) is 0.304. The van der Waals surface area contributed by atoms with E-state index in [0.717, 1.165) is 17.0 Å². The Morgan fingerprint density at radius 1 is 1.13 bits per heavy atom. The van der Waals surface area contributed by atoms with Crippen LogP contribution in [-0.4, -0.2) is 60.4 Å². The fourth-order valence-corrected chi connectivity index (χ4v) is 5.69. The summed E-state index contributed by atoms with van der Waals surface area (Å²) in [7, 11) is -3.92. The zero-order chi connectivity index (χ0) is 27.1. The molecular weight excluding hydrogens is 533 g/mol. The van der Waals surface area contributed by atoms with Crippen molar-refractivity contribution < 1.29 is 45.2 Å². The average molecular weight is 552 g/mol. The number of carbonyl (C=O) groups excluding carboxylic acids is 2. The number of para-hydroxylation sites is 1. The topological polar surface area (TPSA) is 141 Å². The number of amides is 3. The van der Waals surface area contributed by atoms with Crippen molar-refractivity contribution in [3.63, 3.8) is 0 Å². The van der Waals surface area contributed by atoms with Crippen molar-refractivity contribution in [2.45, 2.75) is 29.3 Å². The van der Waals surface area contributed by atoms with E-state index >= 15 is 0 Å². The Hall–Kier alpha value is -3.98. The highest BCUT2D eigenvalue weighted by atomic mass is 32.2. The van der Waals surface area contributed by atoms with E-state index in [1.54, 1.807) is 0 Å². The lowest BCUT2D eigenvalue weighted by atomic mass is 10.1. The average Bonchev–Trinajstić information content (AvgIpc) is 3.64. The number of imide groups is 1. The maximum Gasteiger partial charge on any atom is 0.420 e. The van der Waals surface area contributed by atoms with Gasteiger partial charge in [-0.1, -0.05) is 17.3 Å². The van der Waals surface area contributed by atoms with Crippen molar-refractivity contribution >= 4 is 21.8 Å². The van der Waals surface area contributed by atoms with Crippen LogP contribution in [-0.2, 0) is 32.1 Å². The minimum absolute atomic E-state index is 0.0115. The van der Waals surface area contributed by atoms with Crippen molar-refractivity contribution in [1.82, 2.24) is 20.4 Å². The molecule has 0 aliphatic carbocycles. The summed E-state index contributed by atoms with van der Waals surface area (Å²) in [4.78, 5) is 28.0. The van der Waals surface area contributed by atoms with Gasteiger partial charge in [-0.3, -0.25) is 9.69 Å². The van der Waals surface area contributed by atoms with E-state index in [1.165, 1.54) is 30.3 Å². The van der Waals surface area contributed by atoms with Crippen molar-refractivity contribution in [3.8, 4) is 22.9 Å². The number of alkyl halides is 3. The molecule has 2 aliphatic rings. The molecule has 2 aliphatic heterocycles. The van der Waals surface area contributed by atoms with Crippen LogP contribution in [0.1, 0.15) is 17.9 Å². The van der Waals surface area contributed by atoms with E-state index in [0.29, 0.717) is 0 Å². The number of ether oxygens (including phenoxy) is 2. The van der Waals surface area contributed by atoms with Gasteiger partial charge in [0.15, 0.2) is 9.84 Å². The molecule has 0 bridgehead atoms. The minimum Gasteiger partial charge on any atom is -0.455 e. The Morgan fingerprint density at radius 3 is 2.61 bits per heavy atom. The van der Waals surface area contributed by atoms with Crippen LogP contribution in [0.2, 0.25) is 0 Å². The smallest absolute Gasteiger partial charge is 0.420 e. The van der Waals surface area contributed by atoms with Gasteiger partial charge in [0.25, 0.3) is 5.91 Å². The number of hydrogen-bond donors (Lipinski definition) is 1. The van der Waals surface area contributed by atoms with Gasteiger partial charge in [0.1, 0.15) is 22.9 Å². The van der Waals surface area contributed by atoms with Gasteiger partial charge < -0.3 is 19.3 Å². The largest absolute Gasteiger partial charge is 0.455 e. The van der Waals surface area contributed by atoms with Crippen LogP contribution in [0.5, 0.6) is 11.5 Å². The number of benzene rings is 2. The minimum atomic E-state index is -4.88. The van der Waals surface area contributed by atoms with Crippen molar-refractivity contribution in [3.05, 3.63) is 53.9 Å². The quantitative estimate of drug-likeness (QED) is 0.438. The molecule has 0 radical (unpaired) electrons. The Morgan fingerprint density at radius 2 is 1.92 bits per heavy atom. The molecule has 200 valence electrons. The number of nitrogens with one attached hydrogen (secondary N) is 1.